The summed E-state index contributed by atoms with van der Waals surface area (Å²) in [5, 5.41) is 2.86. The normalized spacial score (nSPS) is 14.5. The van der Waals surface area contributed by atoms with Crippen molar-refractivity contribution in [1.82, 2.24) is 15.2 Å². The lowest BCUT2D eigenvalue weighted by molar-refractivity contribution is -0.140. The van der Waals surface area contributed by atoms with Crippen LogP contribution in [0.25, 0.3) is 0 Å². The molecule has 1 aliphatic heterocycles. The summed E-state index contributed by atoms with van der Waals surface area (Å²) >= 11 is 1.45. The Morgan fingerprint density at radius 2 is 2.07 bits per heavy atom. The molecular weight excluding hydrogens is 378 g/mol. The maximum Gasteiger partial charge on any atom is 0.302 e. The number of ether oxygens (including phenoxy) is 2. The van der Waals surface area contributed by atoms with Crippen molar-refractivity contribution in [3.05, 3.63) is 23.9 Å². The quantitative estimate of drug-likeness (QED) is 0.419. The van der Waals surface area contributed by atoms with Gasteiger partial charge in [-0.2, -0.15) is 0 Å². The summed E-state index contributed by atoms with van der Waals surface area (Å²) in [4.78, 5) is 29.1. The summed E-state index contributed by atoms with van der Waals surface area (Å²) in [6.07, 6.45) is 6.42. The molecule has 1 aromatic rings. The largest absolute Gasteiger partial charge is 0.478 e. The summed E-state index contributed by atoms with van der Waals surface area (Å²) in [6.45, 7) is 6.08. The van der Waals surface area contributed by atoms with Gasteiger partial charge >= 0.3 is 5.97 Å². The molecule has 1 saturated heterocycles. The van der Waals surface area contributed by atoms with Crippen molar-refractivity contribution in [3.63, 3.8) is 0 Å². The third-order valence-corrected chi connectivity index (χ3v) is 5.24. The number of nitrogens with one attached hydrogen (secondary N) is 1. The SMILES string of the molecule is CC(=O)OCCSCC(=O)NCCCOc1cc(CN2CCCCC2)ccn1. The number of amides is 1. The van der Waals surface area contributed by atoms with Gasteiger partial charge < -0.3 is 14.8 Å². The van der Waals surface area contributed by atoms with Crippen molar-refractivity contribution in [1.29, 1.82) is 0 Å². The third kappa shape index (κ3) is 9.94. The Kier molecular flexibility index (Phi) is 10.8. The zero-order chi connectivity index (χ0) is 20.0. The van der Waals surface area contributed by atoms with Gasteiger partial charge in [0.15, 0.2) is 0 Å². The lowest BCUT2D eigenvalue weighted by Gasteiger charge is -2.26. The molecule has 7 nitrogen and oxygen atoms in total. The Balaban J connectivity index is 1.53. The fourth-order valence-corrected chi connectivity index (χ4v) is 3.57. The average molecular weight is 410 g/mol. The van der Waals surface area contributed by atoms with E-state index in [9.17, 15) is 9.59 Å². The Morgan fingerprint density at radius 3 is 2.86 bits per heavy atom. The van der Waals surface area contributed by atoms with Gasteiger partial charge in [-0.3, -0.25) is 14.5 Å². The highest BCUT2D eigenvalue weighted by molar-refractivity contribution is 7.99. The van der Waals surface area contributed by atoms with Crippen LogP contribution in [-0.4, -0.2) is 66.1 Å². The minimum atomic E-state index is -0.295. The van der Waals surface area contributed by atoms with Gasteiger partial charge in [0.2, 0.25) is 11.8 Å². The molecule has 0 spiro atoms. The minimum absolute atomic E-state index is 0.0190. The van der Waals surface area contributed by atoms with Crippen molar-refractivity contribution in [2.24, 2.45) is 0 Å². The lowest BCUT2D eigenvalue weighted by Crippen LogP contribution is -2.29. The van der Waals surface area contributed by atoms with E-state index >= 15 is 0 Å². The van der Waals surface area contributed by atoms with Crippen LogP contribution in [0.1, 0.15) is 38.2 Å². The maximum atomic E-state index is 11.7. The molecule has 8 heteroatoms. The van der Waals surface area contributed by atoms with E-state index < -0.39 is 0 Å². The number of esters is 1. The second-order valence-electron chi connectivity index (χ2n) is 6.78. The molecule has 0 saturated carbocycles. The lowest BCUT2D eigenvalue weighted by atomic mass is 10.1. The Hall–Kier alpha value is -1.80. The van der Waals surface area contributed by atoms with E-state index in [-0.39, 0.29) is 11.9 Å². The number of carbonyl (C=O) groups is 2. The van der Waals surface area contributed by atoms with Crippen molar-refractivity contribution in [2.45, 2.75) is 39.2 Å². The van der Waals surface area contributed by atoms with Gasteiger partial charge in [-0.25, -0.2) is 4.98 Å². The summed E-state index contributed by atoms with van der Waals surface area (Å²) in [5.41, 5.74) is 1.23. The molecule has 0 atom stereocenters. The van der Waals surface area contributed by atoms with Crippen LogP contribution in [0.4, 0.5) is 0 Å². The van der Waals surface area contributed by atoms with E-state index in [0.29, 0.717) is 37.1 Å². The molecule has 1 fully saturated rings. The number of hydrogen-bond acceptors (Lipinski definition) is 7. The van der Waals surface area contributed by atoms with Gasteiger partial charge in [-0.05, 0) is 44.0 Å². The zero-order valence-corrected chi connectivity index (χ0v) is 17.5. The monoisotopic (exact) mass is 409 g/mol. The first-order valence-electron chi connectivity index (χ1n) is 9.91. The van der Waals surface area contributed by atoms with Crippen LogP contribution in [0.5, 0.6) is 5.88 Å². The molecule has 0 aliphatic carbocycles. The number of nitrogens with zero attached hydrogens (tertiary/aromatic N) is 2. The van der Waals surface area contributed by atoms with Gasteiger partial charge in [-0.15, -0.1) is 11.8 Å². The molecule has 2 heterocycles. The van der Waals surface area contributed by atoms with Crippen LogP contribution in [-0.2, 0) is 20.9 Å². The van der Waals surface area contributed by atoms with Gasteiger partial charge in [0.25, 0.3) is 0 Å². The Labute approximate surface area is 171 Å². The molecule has 1 aromatic heterocycles. The van der Waals surface area contributed by atoms with E-state index in [1.807, 2.05) is 12.1 Å². The first kappa shape index (κ1) is 22.5. The van der Waals surface area contributed by atoms with Crippen LogP contribution in [0, 0.1) is 0 Å². The number of pyridine rings is 1. The van der Waals surface area contributed by atoms with Crippen molar-refractivity contribution in [2.75, 3.05) is 44.4 Å². The van der Waals surface area contributed by atoms with Crippen LogP contribution in [0.2, 0.25) is 0 Å². The zero-order valence-electron chi connectivity index (χ0n) is 16.7. The summed E-state index contributed by atoms with van der Waals surface area (Å²) in [7, 11) is 0. The van der Waals surface area contributed by atoms with Gasteiger partial charge in [0, 0.05) is 38.0 Å². The molecular formula is C20H31N3O4S. The number of carbonyl (C=O) groups excluding carboxylic acids is 2. The molecule has 0 aromatic carbocycles. The van der Waals surface area contributed by atoms with Crippen LogP contribution < -0.4 is 10.1 Å². The molecule has 0 bridgehead atoms. The predicted octanol–water partition coefficient (Wildman–Crippen LogP) is 2.25. The van der Waals surface area contributed by atoms with Gasteiger partial charge in [0.1, 0.15) is 6.61 Å². The minimum Gasteiger partial charge on any atom is -0.478 e. The number of aromatic nitrogens is 1. The highest BCUT2D eigenvalue weighted by atomic mass is 32.2. The standard InChI is InChI=1S/C20H31N3O4S/c1-17(24)26-12-13-28-16-19(25)21-7-5-11-27-20-14-18(6-8-22-20)15-23-9-3-2-4-10-23/h6,8,14H,2-5,7,9-13,15-16H2,1H3,(H,21,25). The smallest absolute Gasteiger partial charge is 0.302 e. The second-order valence-corrected chi connectivity index (χ2v) is 7.89. The fourth-order valence-electron chi connectivity index (χ4n) is 2.94. The molecule has 1 amide bonds. The van der Waals surface area contributed by atoms with E-state index in [0.717, 1.165) is 13.0 Å². The molecule has 2 rings (SSSR count). The first-order valence-corrected chi connectivity index (χ1v) is 11.1. The number of likely N-dealkylation sites (tertiary alicyclic amines) is 1. The third-order valence-electron chi connectivity index (χ3n) is 4.31. The molecule has 0 radical (unpaired) electrons. The summed E-state index contributed by atoms with van der Waals surface area (Å²) in [5.74, 6) is 1.31. The number of piperidine rings is 1. The Morgan fingerprint density at radius 1 is 1.25 bits per heavy atom. The predicted molar refractivity (Wildman–Crippen MR) is 110 cm³/mol. The highest BCUT2D eigenvalue weighted by Crippen LogP contribution is 2.15. The van der Waals surface area contributed by atoms with Crippen LogP contribution >= 0.6 is 11.8 Å². The van der Waals surface area contributed by atoms with E-state index in [2.05, 4.69) is 15.2 Å². The number of rotatable bonds is 12. The summed E-state index contributed by atoms with van der Waals surface area (Å²) in [6, 6.07) is 4.05. The van der Waals surface area contributed by atoms with Crippen LogP contribution in [0.3, 0.4) is 0 Å². The van der Waals surface area contributed by atoms with E-state index in [1.54, 1.807) is 6.20 Å². The second kappa shape index (κ2) is 13.4. The van der Waals surface area contributed by atoms with E-state index in [4.69, 9.17) is 9.47 Å². The van der Waals surface area contributed by atoms with Crippen molar-refractivity contribution >= 4 is 23.6 Å². The van der Waals surface area contributed by atoms with Gasteiger partial charge in [-0.1, -0.05) is 6.42 Å². The molecule has 1 N–H and O–H groups in total. The average Bonchev–Trinajstić information content (AvgIpc) is 2.68. The molecule has 28 heavy (non-hydrogen) atoms. The van der Waals surface area contributed by atoms with E-state index in [1.165, 1.54) is 56.6 Å². The molecule has 0 unspecified atom stereocenters. The highest BCUT2D eigenvalue weighted by Gasteiger charge is 2.11. The van der Waals surface area contributed by atoms with Gasteiger partial charge in [0.05, 0.1) is 12.4 Å². The number of hydrogen-bond donors (Lipinski definition) is 1. The fraction of sp³-hybridized carbons (Fsp3) is 0.650. The molecule has 156 valence electrons. The number of thioether (sulfide) groups is 1. The van der Waals surface area contributed by atoms with Crippen molar-refractivity contribution < 1.29 is 19.1 Å². The summed E-state index contributed by atoms with van der Waals surface area (Å²) < 4.78 is 10.5. The molecule has 1 aliphatic rings. The Bertz CT molecular complexity index is 609. The maximum absolute atomic E-state index is 11.7. The van der Waals surface area contributed by atoms with Crippen LogP contribution in [0.15, 0.2) is 18.3 Å². The van der Waals surface area contributed by atoms with Crippen molar-refractivity contribution in [3.8, 4) is 5.88 Å². The topological polar surface area (TPSA) is 80.8 Å². The first-order chi connectivity index (χ1) is 13.6.